The second-order valence-corrected chi connectivity index (χ2v) is 18.2. The number of imide groups is 1. The topological polar surface area (TPSA) is 102 Å². The number of hydrogen-bond donors (Lipinski definition) is 2. The molecule has 9 nitrogen and oxygen atoms in total. The maximum atomic E-state index is 13.4. The van der Waals surface area contributed by atoms with Crippen LogP contribution < -0.4 is 5.32 Å². The third-order valence-corrected chi connectivity index (χ3v) is 15.1. The number of carbonyl (C=O) groups excluding carboxylic acids is 3. The molecule has 0 spiro atoms. The SMILES string of the molecule is CC/C(=C(\C1CCC(O)CC1)C1CCC(OCCCCCN2CCN(C3CCC4CN(C5CCC(=O)NC5=O)C(=O)C4C3)CC2)CC1)C1CCCCC1. The molecule has 0 aromatic rings. The van der Waals surface area contributed by atoms with E-state index in [1.165, 1.54) is 96.4 Å². The number of amides is 3. The number of nitrogens with one attached hydrogen (secondary N) is 1. The molecule has 3 heterocycles. The van der Waals surface area contributed by atoms with Gasteiger partial charge in [-0.25, -0.2) is 0 Å². The Bertz CT molecular complexity index is 1260. The molecule has 0 aromatic carbocycles. The summed E-state index contributed by atoms with van der Waals surface area (Å²) in [7, 11) is 0. The molecule has 0 bridgehead atoms. The number of likely N-dealkylation sites (tertiary alicyclic amines) is 1. The summed E-state index contributed by atoms with van der Waals surface area (Å²) in [6.45, 7) is 9.55. The number of unbranched alkanes of at least 4 members (excludes halogenated alkanes) is 2. The van der Waals surface area contributed by atoms with Crippen molar-refractivity contribution in [1.29, 1.82) is 0 Å². The molecule has 0 aromatic heterocycles. The van der Waals surface area contributed by atoms with E-state index < -0.39 is 6.04 Å². The fourth-order valence-corrected chi connectivity index (χ4v) is 12.1. The van der Waals surface area contributed by atoms with Gasteiger partial charge >= 0.3 is 0 Å². The second kappa shape index (κ2) is 18.9. The number of piperazine rings is 1. The molecule has 3 saturated heterocycles. The van der Waals surface area contributed by atoms with Crippen molar-refractivity contribution in [3.63, 3.8) is 0 Å². The van der Waals surface area contributed by atoms with E-state index >= 15 is 0 Å². The van der Waals surface area contributed by atoms with Crippen LogP contribution in [-0.4, -0.2) is 108 Å². The largest absolute Gasteiger partial charge is 0.393 e. The van der Waals surface area contributed by atoms with Crippen molar-refractivity contribution >= 4 is 17.7 Å². The van der Waals surface area contributed by atoms with Crippen molar-refractivity contribution in [2.24, 2.45) is 29.6 Å². The molecule has 4 aliphatic carbocycles. The highest BCUT2D eigenvalue weighted by atomic mass is 16.5. The number of nitrogens with zero attached hydrogens (tertiary/aromatic N) is 3. The van der Waals surface area contributed by atoms with Crippen LogP contribution in [0.1, 0.15) is 148 Å². The number of ether oxygens (including phenoxy) is 1. The van der Waals surface area contributed by atoms with Crippen molar-refractivity contribution in [1.82, 2.24) is 20.0 Å². The van der Waals surface area contributed by atoms with Crippen LogP contribution in [0.5, 0.6) is 0 Å². The Morgan fingerprint density at radius 2 is 1.49 bits per heavy atom. The molecule has 9 heteroatoms. The smallest absolute Gasteiger partial charge is 0.249 e. The Morgan fingerprint density at radius 1 is 0.774 bits per heavy atom. The van der Waals surface area contributed by atoms with Crippen LogP contribution in [-0.2, 0) is 19.1 Å². The van der Waals surface area contributed by atoms with Gasteiger partial charge in [0.25, 0.3) is 0 Å². The molecular weight excluding hydrogens is 665 g/mol. The van der Waals surface area contributed by atoms with E-state index in [0.29, 0.717) is 43.4 Å². The Labute approximate surface area is 320 Å². The molecule has 7 aliphatic rings. The fraction of sp³-hybridized carbons (Fsp3) is 0.886. The maximum Gasteiger partial charge on any atom is 0.249 e. The summed E-state index contributed by atoms with van der Waals surface area (Å²) in [5, 5.41) is 12.7. The van der Waals surface area contributed by atoms with E-state index in [-0.39, 0.29) is 29.7 Å². The molecule has 7 rings (SSSR count). The van der Waals surface area contributed by atoms with Gasteiger partial charge in [-0.3, -0.25) is 24.6 Å². The van der Waals surface area contributed by atoms with Gasteiger partial charge in [-0.05, 0) is 146 Å². The summed E-state index contributed by atoms with van der Waals surface area (Å²) in [4.78, 5) is 44.6. The summed E-state index contributed by atoms with van der Waals surface area (Å²) in [6.07, 6.45) is 25.5. The number of fused-ring (bicyclic) bond motifs is 1. The third-order valence-electron chi connectivity index (χ3n) is 15.1. The first-order chi connectivity index (χ1) is 25.9. The number of rotatable bonds is 13. The highest BCUT2D eigenvalue weighted by Crippen LogP contribution is 2.46. The van der Waals surface area contributed by atoms with Gasteiger partial charge in [-0.2, -0.15) is 0 Å². The first kappa shape index (κ1) is 39.4. The van der Waals surface area contributed by atoms with E-state index in [1.807, 2.05) is 11.1 Å². The fourth-order valence-electron chi connectivity index (χ4n) is 12.1. The summed E-state index contributed by atoms with van der Waals surface area (Å²) in [5.74, 6) is 2.27. The summed E-state index contributed by atoms with van der Waals surface area (Å²) in [5.41, 5.74) is 3.70. The van der Waals surface area contributed by atoms with Crippen molar-refractivity contribution in [2.75, 3.05) is 45.9 Å². The van der Waals surface area contributed by atoms with Crippen LogP contribution >= 0.6 is 0 Å². The zero-order valence-corrected chi connectivity index (χ0v) is 33.1. The average molecular weight is 737 g/mol. The third kappa shape index (κ3) is 9.78. The van der Waals surface area contributed by atoms with E-state index in [4.69, 9.17) is 4.74 Å². The van der Waals surface area contributed by atoms with Crippen molar-refractivity contribution < 1.29 is 24.2 Å². The monoisotopic (exact) mass is 737 g/mol. The van der Waals surface area contributed by atoms with Crippen molar-refractivity contribution in [3.8, 4) is 0 Å². The Morgan fingerprint density at radius 3 is 2.19 bits per heavy atom. The van der Waals surface area contributed by atoms with Crippen LogP contribution in [0.4, 0.5) is 0 Å². The molecular formula is C44H72N4O5. The number of aliphatic hydroxyl groups excluding tert-OH is 1. The summed E-state index contributed by atoms with van der Waals surface area (Å²) < 4.78 is 6.51. The normalized spacial score (nSPS) is 36.0. The van der Waals surface area contributed by atoms with Gasteiger partial charge in [0.2, 0.25) is 17.7 Å². The lowest BCUT2D eigenvalue weighted by Crippen LogP contribution is -2.53. The number of hydrogen-bond acceptors (Lipinski definition) is 7. The Balaban J connectivity index is 0.775. The van der Waals surface area contributed by atoms with Gasteiger partial charge in [0.05, 0.1) is 12.2 Å². The van der Waals surface area contributed by atoms with Gasteiger partial charge < -0.3 is 19.6 Å². The predicted octanol–water partition coefficient (Wildman–Crippen LogP) is 6.62. The van der Waals surface area contributed by atoms with E-state index in [2.05, 4.69) is 22.0 Å². The molecule has 53 heavy (non-hydrogen) atoms. The predicted molar refractivity (Wildman–Crippen MR) is 208 cm³/mol. The molecule has 0 radical (unpaired) electrons. The molecule has 3 aliphatic heterocycles. The molecule has 7 fully saturated rings. The number of allylic oxidation sites excluding steroid dienone is 2. The standard InChI is InChI=1S/C44H72N4O5/c1-2-38(31-9-5-3-6-10-31)42(32-12-17-36(49)18-13-32)33-14-19-37(20-15-33)53-28-8-4-7-23-46-24-26-47(27-25-46)35-16-11-34-30-48(44(52)39(34)29-35)40-21-22-41(50)45-43(40)51/h31-37,39-40,49H,2-30H2,1H3,(H,45,50,51)/b42-38-. The molecule has 4 atom stereocenters. The lowest BCUT2D eigenvalue weighted by atomic mass is 9.68. The van der Waals surface area contributed by atoms with E-state index in [1.54, 1.807) is 4.90 Å². The lowest BCUT2D eigenvalue weighted by Gasteiger charge is -2.42. The first-order valence-corrected chi connectivity index (χ1v) is 22.5. The van der Waals surface area contributed by atoms with Gasteiger partial charge in [-0.1, -0.05) is 37.3 Å². The van der Waals surface area contributed by atoms with Crippen LogP contribution in [0.3, 0.4) is 0 Å². The average Bonchev–Trinajstić information content (AvgIpc) is 3.51. The van der Waals surface area contributed by atoms with Crippen molar-refractivity contribution in [3.05, 3.63) is 11.1 Å². The quantitative estimate of drug-likeness (QED) is 0.125. The summed E-state index contributed by atoms with van der Waals surface area (Å²) >= 11 is 0. The number of piperidine rings is 1. The van der Waals surface area contributed by atoms with Crippen LogP contribution in [0.15, 0.2) is 11.1 Å². The summed E-state index contributed by atoms with van der Waals surface area (Å²) in [6, 6.07) is -0.00515. The van der Waals surface area contributed by atoms with E-state index in [9.17, 15) is 19.5 Å². The van der Waals surface area contributed by atoms with Crippen LogP contribution in [0.25, 0.3) is 0 Å². The first-order valence-electron chi connectivity index (χ1n) is 22.5. The van der Waals surface area contributed by atoms with Crippen LogP contribution in [0.2, 0.25) is 0 Å². The Hall–Kier alpha value is -1.81. The van der Waals surface area contributed by atoms with E-state index in [0.717, 1.165) is 83.1 Å². The molecule has 4 unspecified atom stereocenters. The number of aliphatic hydroxyl groups is 1. The van der Waals surface area contributed by atoms with Gasteiger partial charge in [0, 0.05) is 57.7 Å². The minimum Gasteiger partial charge on any atom is -0.393 e. The molecule has 3 amide bonds. The molecule has 2 N–H and O–H groups in total. The molecule has 4 saturated carbocycles. The van der Waals surface area contributed by atoms with Gasteiger partial charge in [-0.15, -0.1) is 0 Å². The lowest BCUT2D eigenvalue weighted by molar-refractivity contribution is -0.145. The zero-order valence-electron chi connectivity index (χ0n) is 33.1. The van der Waals surface area contributed by atoms with Gasteiger partial charge in [0.15, 0.2) is 0 Å². The molecule has 298 valence electrons. The maximum absolute atomic E-state index is 13.4. The Kier molecular flexibility index (Phi) is 14.0. The number of carbonyl (C=O) groups is 3. The zero-order chi connectivity index (χ0) is 36.7. The minimum absolute atomic E-state index is 0.0290. The second-order valence-electron chi connectivity index (χ2n) is 18.2. The van der Waals surface area contributed by atoms with Gasteiger partial charge in [0.1, 0.15) is 6.04 Å². The highest BCUT2D eigenvalue weighted by Gasteiger charge is 2.49. The van der Waals surface area contributed by atoms with Crippen molar-refractivity contribution in [2.45, 2.75) is 172 Å². The highest BCUT2D eigenvalue weighted by molar-refractivity contribution is 6.02. The minimum atomic E-state index is -0.469. The van der Waals surface area contributed by atoms with Crippen LogP contribution in [0, 0.1) is 29.6 Å².